The molecule has 3 rings (SSSR count). The molecular formula is C24H27NO2. The van der Waals surface area contributed by atoms with Crippen LogP contribution in [0, 0.1) is 0 Å². The van der Waals surface area contributed by atoms with Gasteiger partial charge < -0.3 is 9.15 Å². The number of benzene rings is 2. The van der Waals surface area contributed by atoms with Gasteiger partial charge in [-0.05, 0) is 55.3 Å². The van der Waals surface area contributed by atoms with Crippen molar-refractivity contribution in [2.75, 3.05) is 6.61 Å². The number of oxazole rings is 1. The van der Waals surface area contributed by atoms with Crippen LogP contribution in [0.2, 0.25) is 0 Å². The number of nitrogens with zero attached hydrogens (tertiary/aromatic N) is 1. The molecule has 0 unspecified atom stereocenters. The van der Waals surface area contributed by atoms with Crippen LogP contribution in [-0.2, 0) is 0 Å². The van der Waals surface area contributed by atoms with Crippen LogP contribution in [-0.4, -0.2) is 11.6 Å². The van der Waals surface area contributed by atoms with E-state index in [0.717, 1.165) is 46.7 Å². The normalized spacial score (nSPS) is 10.7. The number of hydrogen-bond donors (Lipinski definition) is 0. The summed E-state index contributed by atoms with van der Waals surface area (Å²) in [5.74, 6) is 1.52. The van der Waals surface area contributed by atoms with Crippen LogP contribution in [0.5, 0.6) is 5.75 Å². The molecule has 0 saturated carbocycles. The first kappa shape index (κ1) is 19.0. The maximum absolute atomic E-state index is 5.80. The summed E-state index contributed by atoms with van der Waals surface area (Å²) >= 11 is 0. The van der Waals surface area contributed by atoms with Crippen molar-refractivity contribution in [3.63, 3.8) is 0 Å². The molecule has 0 atom stereocenters. The quantitative estimate of drug-likeness (QED) is 0.385. The number of unbranched alkanes of at least 4 members (excludes halogenated alkanes) is 3. The highest BCUT2D eigenvalue weighted by Gasteiger charge is 2.09. The van der Waals surface area contributed by atoms with Crippen LogP contribution < -0.4 is 4.74 Å². The molecule has 1 heterocycles. The van der Waals surface area contributed by atoms with Crippen molar-refractivity contribution < 1.29 is 9.15 Å². The van der Waals surface area contributed by atoms with Crippen LogP contribution in [0.3, 0.4) is 0 Å². The van der Waals surface area contributed by atoms with Gasteiger partial charge in [-0.2, -0.15) is 0 Å². The zero-order valence-electron chi connectivity index (χ0n) is 16.2. The van der Waals surface area contributed by atoms with E-state index in [1.165, 1.54) is 19.3 Å². The summed E-state index contributed by atoms with van der Waals surface area (Å²) in [7, 11) is 0. The lowest BCUT2D eigenvalue weighted by Gasteiger charge is -2.06. The molecule has 1 aromatic heterocycles. The minimum Gasteiger partial charge on any atom is -0.494 e. The molecule has 0 radical (unpaired) electrons. The Bertz CT molecular complexity index is 860. The first-order valence-corrected chi connectivity index (χ1v) is 9.62. The predicted octanol–water partition coefficient (Wildman–Crippen LogP) is 7.00. The van der Waals surface area contributed by atoms with Crippen LogP contribution in [0.15, 0.2) is 65.8 Å². The number of hydrogen-bond acceptors (Lipinski definition) is 3. The summed E-state index contributed by atoms with van der Waals surface area (Å²) in [6.45, 7) is 8.94. The Morgan fingerprint density at radius 2 is 1.67 bits per heavy atom. The lowest BCUT2D eigenvalue weighted by atomic mass is 10.1. The minimum atomic E-state index is 0.620. The van der Waals surface area contributed by atoms with Crippen molar-refractivity contribution in [2.45, 2.75) is 39.5 Å². The van der Waals surface area contributed by atoms with Crippen molar-refractivity contribution in [2.24, 2.45) is 0 Å². The van der Waals surface area contributed by atoms with E-state index in [4.69, 9.17) is 9.15 Å². The second kappa shape index (κ2) is 9.22. The van der Waals surface area contributed by atoms with Crippen LogP contribution in [0.25, 0.3) is 28.3 Å². The van der Waals surface area contributed by atoms with E-state index in [1.807, 2.05) is 55.5 Å². The van der Waals surface area contributed by atoms with Gasteiger partial charge in [-0.1, -0.05) is 50.5 Å². The van der Waals surface area contributed by atoms with Gasteiger partial charge >= 0.3 is 0 Å². The maximum Gasteiger partial charge on any atom is 0.226 e. The fourth-order valence-electron chi connectivity index (χ4n) is 2.88. The Kier molecular flexibility index (Phi) is 6.48. The van der Waals surface area contributed by atoms with Crippen molar-refractivity contribution in [1.29, 1.82) is 0 Å². The number of ether oxygens (including phenoxy) is 1. The molecule has 3 nitrogen and oxygen atoms in total. The van der Waals surface area contributed by atoms with Gasteiger partial charge in [-0.3, -0.25) is 0 Å². The highest BCUT2D eigenvalue weighted by atomic mass is 16.5. The van der Waals surface area contributed by atoms with Gasteiger partial charge in [0.25, 0.3) is 0 Å². The number of aromatic nitrogens is 1. The molecule has 0 bridgehead atoms. The van der Waals surface area contributed by atoms with E-state index < -0.39 is 0 Å². The minimum absolute atomic E-state index is 0.620. The largest absolute Gasteiger partial charge is 0.494 e. The molecule has 27 heavy (non-hydrogen) atoms. The Morgan fingerprint density at radius 1 is 0.963 bits per heavy atom. The third-order valence-corrected chi connectivity index (χ3v) is 4.55. The third kappa shape index (κ3) is 5.10. The zero-order chi connectivity index (χ0) is 19.1. The topological polar surface area (TPSA) is 35.3 Å². The fraction of sp³-hybridized carbons (Fsp3) is 0.292. The summed E-state index contributed by atoms with van der Waals surface area (Å²) in [4.78, 5) is 4.62. The van der Waals surface area contributed by atoms with Crippen molar-refractivity contribution in [1.82, 2.24) is 4.98 Å². The number of allylic oxidation sites excluding steroid dienone is 1. The van der Waals surface area contributed by atoms with Crippen molar-refractivity contribution in [3.8, 4) is 28.5 Å². The molecule has 0 aliphatic heterocycles. The monoisotopic (exact) mass is 361 g/mol. The van der Waals surface area contributed by atoms with E-state index in [2.05, 4.69) is 18.5 Å². The predicted molar refractivity (Wildman–Crippen MR) is 112 cm³/mol. The lowest BCUT2D eigenvalue weighted by molar-refractivity contribution is 0.305. The second-order valence-electron chi connectivity index (χ2n) is 6.83. The molecule has 2 aromatic carbocycles. The maximum atomic E-state index is 5.80. The average molecular weight is 361 g/mol. The zero-order valence-corrected chi connectivity index (χ0v) is 16.2. The lowest BCUT2D eigenvalue weighted by Crippen LogP contribution is -1.96. The van der Waals surface area contributed by atoms with Gasteiger partial charge in [0.1, 0.15) is 17.7 Å². The van der Waals surface area contributed by atoms with Crippen LogP contribution in [0.4, 0.5) is 0 Å². The number of rotatable bonds is 9. The molecule has 0 aliphatic rings. The van der Waals surface area contributed by atoms with Gasteiger partial charge in [-0.25, -0.2) is 4.98 Å². The molecule has 0 saturated heterocycles. The molecule has 3 heteroatoms. The highest BCUT2D eigenvalue weighted by Crippen LogP contribution is 2.27. The molecular weight excluding hydrogens is 334 g/mol. The summed E-state index contributed by atoms with van der Waals surface area (Å²) in [5.41, 5.74) is 4.96. The van der Waals surface area contributed by atoms with E-state index in [9.17, 15) is 0 Å². The molecule has 3 aromatic rings. The Hall–Kier alpha value is -2.81. The third-order valence-electron chi connectivity index (χ3n) is 4.55. The molecule has 0 fully saturated rings. The smallest absolute Gasteiger partial charge is 0.226 e. The summed E-state index contributed by atoms with van der Waals surface area (Å²) in [6.07, 6.45) is 6.54. The van der Waals surface area contributed by atoms with Crippen molar-refractivity contribution in [3.05, 3.63) is 66.9 Å². The highest BCUT2D eigenvalue weighted by molar-refractivity contribution is 5.67. The van der Waals surface area contributed by atoms with E-state index in [0.29, 0.717) is 5.89 Å². The van der Waals surface area contributed by atoms with Crippen molar-refractivity contribution >= 4 is 5.57 Å². The first-order valence-electron chi connectivity index (χ1n) is 9.62. The van der Waals surface area contributed by atoms with E-state index in [-0.39, 0.29) is 0 Å². The molecule has 140 valence electrons. The fourth-order valence-corrected chi connectivity index (χ4v) is 2.88. The van der Waals surface area contributed by atoms with Gasteiger partial charge in [0, 0.05) is 11.1 Å². The second-order valence-corrected chi connectivity index (χ2v) is 6.83. The molecule has 0 N–H and O–H groups in total. The van der Waals surface area contributed by atoms with Gasteiger partial charge in [-0.15, -0.1) is 0 Å². The van der Waals surface area contributed by atoms with Gasteiger partial charge in [0.15, 0.2) is 0 Å². The summed E-state index contributed by atoms with van der Waals surface area (Å²) in [6, 6.07) is 16.1. The van der Waals surface area contributed by atoms with Crippen LogP contribution >= 0.6 is 0 Å². The Morgan fingerprint density at radius 3 is 2.33 bits per heavy atom. The molecule has 0 aliphatic carbocycles. The molecule has 0 spiro atoms. The standard InChI is InChI=1S/C24H27NO2/c1-4-5-6-7-16-26-22-14-12-20(13-15-22)23-17-27-24(25-23)21-10-8-19(9-11-21)18(2)3/h8-15,17H,2,4-7,16H2,1,3H3. The Balaban J connectivity index is 1.63. The van der Waals surface area contributed by atoms with Crippen LogP contribution in [0.1, 0.15) is 45.1 Å². The van der Waals surface area contributed by atoms with Gasteiger partial charge in [0.2, 0.25) is 5.89 Å². The van der Waals surface area contributed by atoms with E-state index >= 15 is 0 Å². The SMILES string of the molecule is C=C(C)c1ccc(-c2nc(-c3ccc(OCCCCCC)cc3)co2)cc1. The average Bonchev–Trinajstić information content (AvgIpc) is 3.18. The summed E-state index contributed by atoms with van der Waals surface area (Å²) < 4.78 is 11.5. The van der Waals surface area contributed by atoms with E-state index in [1.54, 1.807) is 6.26 Å². The Labute approximate surface area is 161 Å². The summed E-state index contributed by atoms with van der Waals surface area (Å²) in [5, 5.41) is 0. The molecule has 0 amide bonds. The first-order chi connectivity index (χ1) is 13.2. The van der Waals surface area contributed by atoms with Gasteiger partial charge in [0.05, 0.1) is 6.61 Å².